The molecule has 0 spiro atoms. The summed E-state index contributed by atoms with van der Waals surface area (Å²) in [5, 5.41) is 2.51. The van der Waals surface area contributed by atoms with Crippen LogP contribution in [0, 0.1) is 5.82 Å². The van der Waals surface area contributed by atoms with E-state index in [2.05, 4.69) is 5.32 Å². The van der Waals surface area contributed by atoms with Gasteiger partial charge in [-0.3, -0.25) is 4.79 Å². The van der Waals surface area contributed by atoms with Crippen molar-refractivity contribution in [2.75, 3.05) is 25.1 Å². The zero-order chi connectivity index (χ0) is 16.2. The molecule has 0 aliphatic carbocycles. The lowest BCUT2D eigenvalue weighted by Crippen LogP contribution is -2.20. The number of nitrogens with one attached hydrogen (secondary N) is 1. The predicted octanol–water partition coefficient (Wildman–Crippen LogP) is 3.27. The van der Waals surface area contributed by atoms with Crippen molar-refractivity contribution >= 4 is 23.2 Å². The summed E-state index contributed by atoms with van der Waals surface area (Å²) in [6.07, 6.45) is 0. The molecule has 2 aromatic rings. The van der Waals surface area contributed by atoms with Gasteiger partial charge in [0.25, 0.3) is 5.91 Å². The third kappa shape index (κ3) is 3.84. The van der Waals surface area contributed by atoms with Crippen LogP contribution in [0.2, 0.25) is 5.02 Å². The Morgan fingerprint density at radius 3 is 2.74 bits per heavy atom. The summed E-state index contributed by atoms with van der Waals surface area (Å²) in [5.41, 5.74) is 0.396. The highest BCUT2D eigenvalue weighted by Gasteiger charge is 2.13. The maximum atomic E-state index is 13.1. The number of halogens is 2. The molecule has 120 valence electrons. The minimum absolute atomic E-state index is 0.0597. The number of rotatable bonds is 4. The number of benzene rings is 2. The first-order valence-electron chi connectivity index (χ1n) is 6.89. The van der Waals surface area contributed by atoms with Crippen LogP contribution in [0.25, 0.3) is 0 Å². The Hall–Kier alpha value is -2.47. The summed E-state index contributed by atoms with van der Waals surface area (Å²) in [6.45, 7) is 0.784. The van der Waals surface area contributed by atoms with Gasteiger partial charge in [-0.2, -0.15) is 0 Å². The molecule has 0 unspecified atom stereocenters. The SMILES string of the molecule is O=C(COc1ccc2c(c1)OCCO2)Nc1ccc(F)c(Cl)c1. The molecular weight excluding hydrogens is 325 g/mol. The Balaban J connectivity index is 1.57. The van der Waals surface area contributed by atoms with Crippen molar-refractivity contribution in [3.8, 4) is 17.2 Å². The van der Waals surface area contributed by atoms with Crippen LogP contribution in [-0.2, 0) is 4.79 Å². The number of ether oxygens (including phenoxy) is 3. The molecular formula is C16H13ClFNO4. The summed E-state index contributed by atoms with van der Waals surface area (Å²) in [7, 11) is 0. The first-order valence-corrected chi connectivity index (χ1v) is 7.27. The van der Waals surface area contributed by atoms with Crippen molar-refractivity contribution in [2.45, 2.75) is 0 Å². The fraction of sp³-hybridized carbons (Fsp3) is 0.188. The molecule has 1 aliphatic rings. The van der Waals surface area contributed by atoms with Crippen molar-refractivity contribution in [3.63, 3.8) is 0 Å². The number of fused-ring (bicyclic) bond motifs is 1. The number of carbonyl (C=O) groups is 1. The summed E-state index contributed by atoms with van der Waals surface area (Å²) in [4.78, 5) is 11.8. The van der Waals surface area contributed by atoms with Gasteiger partial charge in [0.1, 0.15) is 24.8 Å². The van der Waals surface area contributed by atoms with Gasteiger partial charge in [0.05, 0.1) is 5.02 Å². The second-order valence-corrected chi connectivity index (χ2v) is 5.18. The lowest BCUT2D eigenvalue weighted by molar-refractivity contribution is -0.118. The lowest BCUT2D eigenvalue weighted by Gasteiger charge is -2.18. The molecule has 23 heavy (non-hydrogen) atoms. The van der Waals surface area contributed by atoms with Crippen LogP contribution in [-0.4, -0.2) is 25.7 Å². The number of hydrogen-bond donors (Lipinski definition) is 1. The van der Waals surface area contributed by atoms with Crippen LogP contribution in [0.15, 0.2) is 36.4 Å². The maximum absolute atomic E-state index is 13.1. The molecule has 0 bridgehead atoms. The van der Waals surface area contributed by atoms with Crippen LogP contribution >= 0.6 is 11.6 Å². The number of amides is 1. The lowest BCUT2D eigenvalue weighted by atomic mass is 10.3. The van der Waals surface area contributed by atoms with Gasteiger partial charge in [0, 0.05) is 11.8 Å². The van der Waals surface area contributed by atoms with E-state index in [4.69, 9.17) is 25.8 Å². The van der Waals surface area contributed by atoms with Crippen molar-refractivity contribution < 1.29 is 23.4 Å². The third-order valence-electron chi connectivity index (χ3n) is 3.09. The molecule has 0 radical (unpaired) electrons. The molecule has 3 rings (SSSR count). The predicted molar refractivity (Wildman–Crippen MR) is 83.0 cm³/mol. The topological polar surface area (TPSA) is 56.8 Å². The van der Waals surface area contributed by atoms with Gasteiger partial charge >= 0.3 is 0 Å². The highest BCUT2D eigenvalue weighted by Crippen LogP contribution is 2.33. The van der Waals surface area contributed by atoms with Crippen LogP contribution < -0.4 is 19.5 Å². The average molecular weight is 338 g/mol. The third-order valence-corrected chi connectivity index (χ3v) is 3.38. The summed E-state index contributed by atoms with van der Waals surface area (Å²) in [5.74, 6) is 0.787. The molecule has 1 heterocycles. The second kappa shape index (κ2) is 6.75. The Bertz CT molecular complexity index is 738. The van der Waals surface area contributed by atoms with Crippen LogP contribution in [0.5, 0.6) is 17.2 Å². The molecule has 1 amide bonds. The van der Waals surface area contributed by atoms with Gasteiger partial charge in [-0.25, -0.2) is 4.39 Å². The molecule has 5 nitrogen and oxygen atoms in total. The molecule has 2 aromatic carbocycles. The van der Waals surface area contributed by atoms with Crippen LogP contribution in [0.4, 0.5) is 10.1 Å². The van der Waals surface area contributed by atoms with E-state index in [0.717, 1.165) is 0 Å². The van der Waals surface area contributed by atoms with Crippen molar-refractivity contribution in [1.82, 2.24) is 0 Å². The van der Waals surface area contributed by atoms with Crippen LogP contribution in [0.1, 0.15) is 0 Å². The van der Waals surface area contributed by atoms with E-state index in [0.29, 0.717) is 36.1 Å². The van der Waals surface area contributed by atoms with Gasteiger partial charge < -0.3 is 19.5 Å². The second-order valence-electron chi connectivity index (χ2n) is 4.77. The average Bonchev–Trinajstić information content (AvgIpc) is 2.56. The summed E-state index contributed by atoms with van der Waals surface area (Å²) >= 11 is 5.65. The van der Waals surface area contributed by atoms with Gasteiger partial charge in [0.15, 0.2) is 18.1 Å². The molecule has 1 N–H and O–H groups in total. The first kappa shape index (κ1) is 15.4. The summed E-state index contributed by atoms with van der Waals surface area (Å²) in [6, 6.07) is 9.01. The van der Waals surface area contributed by atoms with Gasteiger partial charge in [-0.05, 0) is 30.3 Å². The van der Waals surface area contributed by atoms with E-state index in [1.54, 1.807) is 18.2 Å². The Labute approximate surface area is 136 Å². The Kier molecular flexibility index (Phi) is 4.52. The molecule has 7 heteroatoms. The molecule has 1 aliphatic heterocycles. The normalized spacial score (nSPS) is 12.6. The largest absolute Gasteiger partial charge is 0.486 e. The zero-order valence-electron chi connectivity index (χ0n) is 12.0. The van der Waals surface area contributed by atoms with Gasteiger partial charge in [-0.1, -0.05) is 11.6 Å². The summed E-state index contributed by atoms with van der Waals surface area (Å²) < 4.78 is 29.3. The van der Waals surface area contributed by atoms with E-state index in [-0.39, 0.29) is 17.5 Å². The fourth-order valence-electron chi connectivity index (χ4n) is 2.03. The maximum Gasteiger partial charge on any atom is 0.262 e. The van der Waals surface area contributed by atoms with E-state index in [1.165, 1.54) is 18.2 Å². The standard InChI is InChI=1S/C16H13ClFNO4/c17-12-7-10(1-3-13(12)18)19-16(20)9-23-11-2-4-14-15(8-11)22-6-5-21-14/h1-4,7-8H,5-6,9H2,(H,19,20). The van der Waals surface area contributed by atoms with Gasteiger partial charge in [-0.15, -0.1) is 0 Å². The monoisotopic (exact) mass is 337 g/mol. The van der Waals surface area contributed by atoms with E-state index in [1.807, 2.05) is 0 Å². The highest BCUT2D eigenvalue weighted by molar-refractivity contribution is 6.31. The highest BCUT2D eigenvalue weighted by atomic mass is 35.5. The van der Waals surface area contributed by atoms with Crippen molar-refractivity contribution in [3.05, 3.63) is 47.2 Å². The molecule has 0 saturated heterocycles. The van der Waals surface area contributed by atoms with E-state index < -0.39 is 5.82 Å². The van der Waals surface area contributed by atoms with Crippen molar-refractivity contribution in [1.29, 1.82) is 0 Å². The Morgan fingerprint density at radius 1 is 1.17 bits per heavy atom. The van der Waals surface area contributed by atoms with E-state index >= 15 is 0 Å². The quantitative estimate of drug-likeness (QED) is 0.930. The van der Waals surface area contributed by atoms with Crippen molar-refractivity contribution in [2.24, 2.45) is 0 Å². The zero-order valence-corrected chi connectivity index (χ0v) is 12.7. The molecule has 0 saturated carbocycles. The van der Waals surface area contributed by atoms with E-state index in [9.17, 15) is 9.18 Å². The minimum Gasteiger partial charge on any atom is -0.486 e. The number of carbonyl (C=O) groups excluding carboxylic acids is 1. The van der Waals surface area contributed by atoms with Crippen LogP contribution in [0.3, 0.4) is 0 Å². The first-order chi connectivity index (χ1) is 11.1. The number of anilines is 1. The minimum atomic E-state index is -0.544. The Morgan fingerprint density at radius 2 is 1.96 bits per heavy atom. The molecule has 0 aromatic heterocycles. The smallest absolute Gasteiger partial charge is 0.262 e. The van der Waals surface area contributed by atoms with Gasteiger partial charge in [0.2, 0.25) is 0 Å². The molecule has 0 atom stereocenters. The number of hydrogen-bond acceptors (Lipinski definition) is 4. The fourth-order valence-corrected chi connectivity index (χ4v) is 2.21. The molecule has 0 fully saturated rings.